The Morgan fingerprint density at radius 1 is 1.00 bits per heavy atom. The second-order valence-electron chi connectivity index (χ2n) is 8.49. The first-order chi connectivity index (χ1) is 18.9. The zero-order valence-corrected chi connectivity index (χ0v) is 21.2. The highest BCUT2D eigenvalue weighted by Gasteiger charge is 2.49. The molecule has 0 aliphatic carbocycles. The van der Waals surface area contributed by atoms with E-state index in [1.807, 2.05) is 0 Å². The summed E-state index contributed by atoms with van der Waals surface area (Å²) in [5.74, 6) is 0.283. The van der Waals surface area contributed by atoms with E-state index in [0.29, 0.717) is 23.3 Å². The van der Waals surface area contributed by atoms with Crippen molar-refractivity contribution in [1.82, 2.24) is 15.5 Å². The minimum absolute atomic E-state index is 0.341. The molecular formula is C26H27N5O9. The highest BCUT2D eigenvalue weighted by atomic mass is 16.4. The van der Waals surface area contributed by atoms with Gasteiger partial charge < -0.3 is 31.8 Å². The van der Waals surface area contributed by atoms with Gasteiger partial charge in [-0.3, -0.25) is 19.3 Å². The molecule has 14 nitrogen and oxygen atoms in total. The van der Waals surface area contributed by atoms with Gasteiger partial charge in [-0.2, -0.15) is 5.10 Å². The van der Waals surface area contributed by atoms with Crippen molar-refractivity contribution in [3.63, 3.8) is 0 Å². The van der Waals surface area contributed by atoms with E-state index in [0.717, 1.165) is 10.5 Å². The summed E-state index contributed by atoms with van der Waals surface area (Å²) in [4.78, 5) is 69.3. The van der Waals surface area contributed by atoms with E-state index >= 15 is 0 Å². The number of carboxylic acid groups (broad SMARTS) is 3. The van der Waals surface area contributed by atoms with Gasteiger partial charge in [0.2, 0.25) is 5.91 Å². The first-order valence-electron chi connectivity index (χ1n) is 11.5. The first-order valence-corrected chi connectivity index (χ1v) is 11.5. The fourth-order valence-electron chi connectivity index (χ4n) is 3.66. The fraction of sp³-hybridized carbons (Fsp3) is 0.192. The molecule has 0 spiro atoms. The molecule has 1 heterocycles. The van der Waals surface area contributed by atoms with E-state index in [-0.39, 0.29) is 6.42 Å². The van der Waals surface area contributed by atoms with Crippen molar-refractivity contribution in [3.05, 3.63) is 83.4 Å². The molecule has 0 unspecified atom stereocenters. The zero-order chi connectivity index (χ0) is 29.9. The van der Waals surface area contributed by atoms with Crippen LogP contribution in [0.4, 0.5) is 4.79 Å². The maximum Gasteiger partial charge on any atom is 0.328 e. The molecule has 14 heteroatoms. The topological polar surface area (TPSA) is 229 Å². The molecule has 4 amide bonds. The molecule has 40 heavy (non-hydrogen) atoms. The fourth-order valence-corrected chi connectivity index (χ4v) is 3.66. The van der Waals surface area contributed by atoms with Crippen LogP contribution in [0.15, 0.2) is 71.9 Å². The van der Waals surface area contributed by atoms with Gasteiger partial charge >= 0.3 is 23.9 Å². The SMILES string of the molecule is C[C@@]1(c2ccc(C=NN)cc2)NC(=O)N(CC(=O)N[C@@H](CC(=O)O)c2ccccc2)C1=O.O=C(O)/C=C\C(=O)O. The van der Waals surface area contributed by atoms with E-state index < -0.39 is 53.9 Å². The Morgan fingerprint density at radius 3 is 2.08 bits per heavy atom. The van der Waals surface area contributed by atoms with Crippen molar-refractivity contribution < 1.29 is 44.1 Å². The van der Waals surface area contributed by atoms with Crippen LogP contribution in [-0.2, 0) is 29.5 Å². The number of hydrazone groups is 1. The van der Waals surface area contributed by atoms with E-state index in [2.05, 4.69) is 15.7 Å². The molecule has 3 rings (SSSR count). The number of urea groups is 1. The summed E-state index contributed by atoms with van der Waals surface area (Å²) in [6.45, 7) is 1.01. The van der Waals surface area contributed by atoms with Gasteiger partial charge in [0.15, 0.2) is 0 Å². The molecule has 0 aromatic heterocycles. The molecule has 7 N–H and O–H groups in total. The van der Waals surface area contributed by atoms with Gasteiger partial charge in [0.1, 0.15) is 12.1 Å². The summed E-state index contributed by atoms with van der Waals surface area (Å²) >= 11 is 0. The van der Waals surface area contributed by atoms with Gasteiger partial charge in [0.25, 0.3) is 5.91 Å². The van der Waals surface area contributed by atoms with Crippen molar-refractivity contribution in [2.45, 2.75) is 24.9 Å². The van der Waals surface area contributed by atoms with Gasteiger partial charge in [0.05, 0.1) is 18.7 Å². The maximum atomic E-state index is 13.0. The Balaban J connectivity index is 0.000000611. The average molecular weight is 554 g/mol. The van der Waals surface area contributed by atoms with Crippen LogP contribution in [0, 0.1) is 0 Å². The van der Waals surface area contributed by atoms with Crippen molar-refractivity contribution in [1.29, 1.82) is 0 Å². The van der Waals surface area contributed by atoms with Crippen LogP contribution >= 0.6 is 0 Å². The van der Waals surface area contributed by atoms with Crippen molar-refractivity contribution >= 4 is 42.0 Å². The second-order valence-corrected chi connectivity index (χ2v) is 8.49. The Morgan fingerprint density at radius 2 is 1.57 bits per heavy atom. The number of nitrogens with two attached hydrogens (primary N) is 1. The molecule has 2 aromatic carbocycles. The Labute approximate surface area is 227 Å². The van der Waals surface area contributed by atoms with Crippen LogP contribution in [-0.4, -0.2) is 68.7 Å². The second kappa shape index (κ2) is 13.9. The van der Waals surface area contributed by atoms with Crippen molar-refractivity contribution in [3.8, 4) is 0 Å². The Bertz CT molecular complexity index is 1310. The summed E-state index contributed by atoms with van der Waals surface area (Å²) in [7, 11) is 0. The van der Waals surface area contributed by atoms with Crippen LogP contribution in [0.3, 0.4) is 0 Å². The van der Waals surface area contributed by atoms with Crippen LogP contribution in [0.25, 0.3) is 0 Å². The smallest absolute Gasteiger partial charge is 0.328 e. The number of amides is 4. The Kier molecular flexibility index (Phi) is 10.6. The number of nitrogens with one attached hydrogen (secondary N) is 2. The maximum absolute atomic E-state index is 13.0. The number of aliphatic carboxylic acids is 3. The predicted molar refractivity (Wildman–Crippen MR) is 140 cm³/mol. The molecule has 2 atom stereocenters. The highest BCUT2D eigenvalue weighted by Crippen LogP contribution is 2.29. The normalized spacial score (nSPS) is 17.2. The van der Waals surface area contributed by atoms with E-state index in [9.17, 15) is 33.9 Å². The number of rotatable bonds is 10. The van der Waals surface area contributed by atoms with Crippen LogP contribution in [0.5, 0.6) is 0 Å². The summed E-state index contributed by atoms with van der Waals surface area (Å²) in [5.41, 5.74) is 0.501. The number of carbonyl (C=O) groups is 6. The molecule has 2 aromatic rings. The van der Waals surface area contributed by atoms with E-state index in [1.54, 1.807) is 61.5 Å². The van der Waals surface area contributed by atoms with Crippen LogP contribution in [0.1, 0.15) is 36.1 Å². The summed E-state index contributed by atoms with van der Waals surface area (Å²) in [6, 6.07) is 13.8. The standard InChI is InChI=1S/C22H23N5O5.C4H4O4/c1-22(16-9-7-14(8-10-16)12-24-23)20(31)27(21(32)26-22)13-18(28)25-17(11-19(29)30)15-5-3-2-4-6-15;5-3(6)1-2-4(7)8/h2-10,12,17H,11,13,23H2,1H3,(H,25,28)(H,26,32)(H,29,30);1-2H,(H,5,6)(H,7,8)/b;2-1-/t17-,22-;/m0./s1. The van der Waals surface area contributed by atoms with Gasteiger partial charge in [-0.1, -0.05) is 54.6 Å². The van der Waals surface area contributed by atoms with E-state index in [1.165, 1.54) is 6.21 Å². The van der Waals surface area contributed by atoms with Crippen molar-refractivity contribution in [2.75, 3.05) is 6.54 Å². The third-order valence-electron chi connectivity index (χ3n) is 5.57. The molecule has 1 fully saturated rings. The molecule has 0 radical (unpaired) electrons. The lowest BCUT2D eigenvalue weighted by Crippen LogP contribution is -2.44. The first kappa shape index (κ1) is 30.7. The molecule has 0 saturated carbocycles. The minimum atomic E-state index is -1.35. The summed E-state index contributed by atoms with van der Waals surface area (Å²) in [6.07, 6.45) is 2.22. The zero-order valence-electron chi connectivity index (χ0n) is 21.2. The van der Waals surface area contributed by atoms with E-state index in [4.69, 9.17) is 16.1 Å². The molecule has 210 valence electrons. The lowest BCUT2D eigenvalue weighted by molar-refractivity contribution is -0.138. The summed E-state index contributed by atoms with van der Waals surface area (Å²) in [5, 5.41) is 33.5. The largest absolute Gasteiger partial charge is 0.481 e. The molecule has 1 aliphatic rings. The average Bonchev–Trinajstić information content (AvgIpc) is 3.12. The van der Waals surface area contributed by atoms with Crippen LogP contribution in [0.2, 0.25) is 0 Å². The number of carbonyl (C=O) groups excluding carboxylic acids is 3. The Hall–Kier alpha value is -5.53. The van der Waals surface area contributed by atoms with Crippen molar-refractivity contribution in [2.24, 2.45) is 10.9 Å². The number of hydrogen-bond donors (Lipinski definition) is 6. The highest BCUT2D eigenvalue weighted by molar-refractivity contribution is 6.09. The minimum Gasteiger partial charge on any atom is -0.481 e. The van der Waals surface area contributed by atoms with Gasteiger partial charge in [-0.25, -0.2) is 14.4 Å². The predicted octanol–water partition coefficient (Wildman–Crippen LogP) is 0.790. The van der Waals surface area contributed by atoms with Gasteiger partial charge in [-0.15, -0.1) is 0 Å². The lowest BCUT2D eigenvalue weighted by atomic mass is 9.91. The summed E-state index contributed by atoms with van der Waals surface area (Å²) < 4.78 is 0. The third kappa shape index (κ3) is 8.51. The molecule has 1 saturated heterocycles. The number of hydrogen-bond acceptors (Lipinski definition) is 8. The number of nitrogens with zero attached hydrogens (tertiary/aromatic N) is 2. The van der Waals surface area contributed by atoms with Crippen LogP contribution < -0.4 is 16.5 Å². The monoisotopic (exact) mass is 553 g/mol. The number of imide groups is 1. The number of benzene rings is 2. The third-order valence-corrected chi connectivity index (χ3v) is 5.57. The lowest BCUT2D eigenvalue weighted by Gasteiger charge is -2.23. The van der Waals surface area contributed by atoms with Gasteiger partial charge in [0, 0.05) is 12.2 Å². The molecular weight excluding hydrogens is 526 g/mol. The number of carboxylic acids is 3. The quantitative estimate of drug-likeness (QED) is 0.0796. The molecule has 0 bridgehead atoms. The molecule has 1 aliphatic heterocycles. The van der Waals surface area contributed by atoms with Gasteiger partial charge in [-0.05, 0) is 23.6 Å².